The molecule has 1 N–H and O–H groups in total. The van der Waals surface area contributed by atoms with Crippen molar-refractivity contribution < 1.29 is 19.4 Å². The largest absolute Gasteiger partial charge is 0.454 e. The number of hydrogen-bond acceptors (Lipinski definition) is 5. The van der Waals surface area contributed by atoms with Gasteiger partial charge in [-0.1, -0.05) is 32.9 Å². The van der Waals surface area contributed by atoms with Crippen molar-refractivity contribution in [3.8, 4) is 0 Å². The Balaban J connectivity index is 1.53. The number of rotatable bonds is 3. The molecule has 0 saturated heterocycles. The summed E-state index contributed by atoms with van der Waals surface area (Å²) in [5.74, 6) is 0.444. The third-order valence-corrected chi connectivity index (χ3v) is 10.0. The number of allylic oxidation sites excluding steroid dienone is 2. The maximum atomic E-state index is 14.4. The number of aryl methyl sites for hydroxylation is 1. The SMILES string of the molecule is CC1=CC23C(=O)[C@@H](C=C(CO)C[C@@H]2[C@H]1OC(=O)c1c(C)nn(C(C)(C)C)c1C)[C@H]1[C@@H](CC3C)C1(C)C. The molecule has 1 aromatic heterocycles. The molecule has 1 aromatic rings. The molecule has 2 unspecified atom stereocenters. The van der Waals surface area contributed by atoms with E-state index in [1.54, 1.807) is 0 Å². The Hall–Kier alpha value is -2.21. The van der Waals surface area contributed by atoms with E-state index in [-0.39, 0.29) is 47.1 Å². The summed E-state index contributed by atoms with van der Waals surface area (Å²) in [5.41, 5.74) is 3.00. The van der Waals surface area contributed by atoms with Gasteiger partial charge in [0.1, 0.15) is 11.7 Å². The van der Waals surface area contributed by atoms with Crippen LogP contribution in [0.5, 0.6) is 0 Å². The van der Waals surface area contributed by atoms with Gasteiger partial charge >= 0.3 is 5.97 Å². The molecule has 4 aliphatic carbocycles. The van der Waals surface area contributed by atoms with Crippen LogP contribution >= 0.6 is 0 Å². The second-order valence-electron chi connectivity index (χ2n) is 13.5. The van der Waals surface area contributed by atoms with Crippen LogP contribution in [0.25, 0.3) is 0 Å². The fourth-order valence-corrected chi connectivity index (χ4v) is 8.23. The van der Waals surface area contributed by atoms with Gasteiger partial charge in [-0.15, -0.1) is 0 Å². The molecule has 0 radical (unpaired) electrons. The van der Waals surface area contributed by atoms with Crippen LogP contribution in [0, 0.1) is 54.3 Å². The number of aliphatic hydroxyl groups excluding tert-OH is 1. The highest BCUT2D eigenvalue weighted by molar-refractivity contribution is 5.95. The molecule has 1 spiro atoms. The molecule has 6 nitrogen and oxygen atoms in total. The second-order valence-corrected chi connectivity index (χ2v) is 13.5. The summed E-state index contributed by atoms with van der Waals surface area (Å²) in [6.07, 6.45) is 5.26. The van der Waals surface area contributed by atoms with Crippen LogP contribution in [0.3, 0.4) is 0 Å². The standard InChI is InChI=1S/C30H42N2O4/c1-15-13-30-16(2)10-21-24(29(21,8)9)20(26(30)34)11-19(14-33)12-22(30)25(15)36-27(35)23-17(3)31-32(18(23)4)28(5,6)7/h11,13,16,20-22,24-25,33H,10,12,14H2,1-9H3/t16?,20-,21+,22+,24-,25-,30?/m0/s1. The van der Waals surface area contributed by atoms with Crippen molar-refractivity contribution in [3.63, 3.8) is 0 Å². The zero-order valence-electron chi connectivity index (χ0n) is 23.3. The van der Waals surface area contributed by atoms with Crippen molar-refractivity contribution >= 4 is 11.8 Å². The number of carbonyl (C=O) groups excluding carboxylic acids is 2. The maximum Gasteiger partial charge on any atom is 0.342 e. The highest BCUT2D eigenvalue weighted by Gasteiger charge is 2.70. The van der Waals surface area contributed by atoms with E-state index in [0.29, 0.717) is 29.5 Å². The van der Waals surface area contributed by atoms with Gasteiger partial charge in [0.25, 0.3) is 0 Å². The van der Waals surface area contributed by atoms with Crippen LogP contribution in [0.15, 0.2) is 23.3 Å². The lowest BCUT2D eigenvalue weighted by Gasteiger charge is -2.40. The summed E-state index contributed by atoms with van der Waals surface area (Å²) in [6, 6.07) is 0. The Morgan fingerprint density at radius 2 is 1.89 bits per heavy atom. The number of nitrogens with zero attached hydrogens (tertiary/aromatic N) is 2. The average Bonchev–Trinajstić information content (AvgIpc) is 3.06. The van der Waals surface area contributed by atoms with Gasteiger partial charge in [-0.05, 0) is 88.7 Å². The van der Waals surface area contributed by atoms with Gasteiger partial charge in [0.2, 0.25) is 0 Å². The molecule has 2 fully saturated rings. The molecular formula is C30H42N2O4. The Bertz CT molecular complexity index is 1200. The predicted octanol–water partition coefficient (Wildman–Crippen LogP) is 5.16. The van der Waals surface area contributed by atoms with Crippen molar-refractivity contribution in [2.24, 2.45) is 40.4 Å². The van der Waals surface area contributed by atoms with Gasteiger partial charge in [-0.3, -0.25) is 9.48 Å². The molecular weight excluding hydrogens is 452 g/mol. The topological polar surface area (TPSA) is 81.4 Å². The van der Waals surface area contributed by atoms with Crippen LogP contribution in [-0.4, -0.2) is 39.4 Å². The molecule has 2 bridgehead atoms. The number of esters is 1. The number of ketones is 1. The minimum atomic E-state index is -0.670. The molecule has 36 heavy (non-hydrogen) atoms. The summed E-state index contributed by atoms with van der Waals surface area (Å²) >= 11 is 0. The van der Waals surface area contributed by atoms with Crippen molar-refractivity contribution in [1.29, 1.82) is 0 Å². The second kappa shape index (κ2) is 7.89. The summed E-state index contributed by atoms with van der Waals surface area (Å²) in [4.78, 5) is 28.0. The first-order valence-electron chi connectivity index (χ1n) is 13.5. The molecule has 196 valence electrons. The van der Waals surface area contributed by atoms with Crippen LogP contribution < -0.4 is 0 Å². The van der Waals surface area contributed by atoms with Gasteiger partial charge in [-0.25, -0.2) is 4.79 Å². The van der Waals surface area contributed by atoms with Gasteiger partial charge < -0.3 is 9.84 Å². The minimum Gasteiger partial charge on any atom is -0.454 e. The lowest BCUT2D eigenvalue weighted by atomic mass is 9.62. The number of aromatic nitrogens is 2. The van der Waals surface area contributed by atoms with E-state index in [0.717, 1.165) is 23.3 Å². The Labute approximate surface area is 215 Å². The lowest BCUT2D eigenvalue weighted by molar-refractivity contribution is -0.135. The molecule has 4 aliphatic rings. The van der Waals surface area contributed by atoms with Crippen molar-refractivity contribution in [1.82, 2.24) is 9.78 Å². The zero-order chi connectivity index (χ0) is 26.5. The molecule has 0 aliphatic heterocycles. The smallest absolute Gasteiger partial charge is 0.342 e. The third-order valence-electron chi connectivity index (χ3n) is 10.0. The van der Waals surface area contributed by atoms with E-state index in [1.807, 2.05) is 25.5 Å². The van der Waals surface area contributed by atoms with E-state index in [2.05, 4.69) is 58.8 Å². The Kier molecular flexibility index (Phi) is 5.58. The third kappa shape index (κ3) is 3.35. The van der Waals surface area contributed by atoms with Crippen LogP contribution in [0.4, 0.5) is 0 Å². The van der Waals surface area contributed by atoms with Crippen LogP contribution in [0.1, 0.15) is 83.1 Å². The molecule has 7 atom stereocenters. The summed E-state index contributed by atoms with van der Waals surface area (Å²) in [6.45, 7) is 18.6. The highest BCUT2D eigenvalue weighted by atomic mass is 16.5. The van der Waals surface area contributed by atoms with E-state index in [4.69, 9.17) is 4.74 Å². The summed E-state index contributed by atoms with van der Waals surface area (Å²) in [7, 11) is 0. The van der Waals surface area contributed by atoms with E-state index >= 15 is 0 Å². The highest BCUT2D eigenvalue weighted by Crippen LogP contribution is 2.71. The molecule has 0 aromatic carbocycles. The first-order chi connectivity index (χ1) is 16.7. The van der Waals surface area contributed by atoms with Gasteiger partial charge in [-0.2, -0.15) is 5.10 Å². The Morgan fingerprint density at radius 3 is 2.47 bits per heavy atom. The summed E-state index contributed by atoms with van der Waals surface area (Å²) in [5, 5.41) is 14.9. The fourth-order valence-electron chi connectivity index (χ4n) is 8.23. The molecule has 0 amide bonds. The number of Topliss-reactive ketones (excluding diaryl/α,β-unsaturated/α-hetero) is 1. The van der Waals surface area contributed by atoms with E-state index in [9.17, 15) is 14.7 Å². The monoisotopic (exact) mass is 494 g/mol. The van der Waals surface area contributed by atoms with Gasteiger partial charge in [0, 0.05) is 11.8 Å². The van der Waals surface area contributed by atoms with E-state index < -0.39 is 11.5 Å². The Morgan fingerprint density at radius 1 is 1.22 bits per heavy atom. The number of aliphatic hydroxyl groups is 1. The number of carbonyl (C=O) groups is 2. The lowest BCUT2D eigenvalue weighted by Crippen LogP contribution is -2.46. The zero-order valence-corrected chi connectivity index (χ0v) is 23.3. The normalized spacial score (nSPS) is 36.8. The first kappa shape index (κ1) is 25.4. The van der Waals surface area contributed by atoms with Crippen LogP contribution in [0.2, 0.25) is 0 Å². The van der Waals surface area contributed by atoms with Crippen molar-refractivity contribution in [3.05, 3.63) is 40.2 Å². The van der Waals surface area contributed by atoms with Crippen LogP contribution in [-0.2, 0) is 15.1 Å². The molecule has 5 rings (SSSR count). The molecule has 1 heterocycles. The predicted molar refractivity (Wildman–Crippen MR) is 138 cm³/mol. The first-order valence-corrected chi connectivity index (χ1v) is 13.5. The quantitative estimate of drug-likeness (QED) is 0.464. The number of hydrogen-bond donors (Lipinski definition) is 1. The average molecular weight is 495 g/mol. The van der Waals surface area contributed by atoms with Crippen molar-refractivity contribution in [2.45, 2.75) is 86.8 Å². The van der Waals surface area contributed by atoms with Gasteiger partial charge in [0.05, 0.1) is 28.9 Å². The number of fused-ring (bicyclic) bond motifs is 3. The molecule has 2 saturated carbocycles. The maximum absolute atomic E-state index is 14.4. The summed E-state index contributed by atoms with van der Waals surface area (Å²) < 4.78 is 8.18. The van der Waals surface area contributed by atoms with Gasteiger partial charge in [0.15, 0.2) is 5.78 Å². The van der Waals surface area contributed by atoms with Crippen molar-refractivity contribution in [2.75, 3.05) is 6.61 Å². The van der Waals surface area contributed by atoms with E-state index in [1.165, 1.54) is 0 Å². The minimum absolute atomic E-state index is 0.0706. The fraction of sp³-hybridized carbons (Fsp3) is 0.700. The molecule has 6 heteroatoms. The number of ether oxygens (including phenoxy) is 1.